The van der Waals surface area contributed by atoms with E-state index in [1.807, 2.05) is 11.9 Å². The van der Waals surface area contributed by atoms with Crippen molar-refractivity contribution in [3.8, 4) is 0 Å². The molecular formula is C10H19N3O3. The zero-order chi connectivity index (χ0) is 12.1. The second-order valence-corrected chi connectivity index (χ2v) is 4.16. The van der Waals surface area contributed by atoms with Crippen molar-refractivity contribution in [2.24, 2.45) is 0 Å². The highest BCUT2D eigenvalue weighted by Crippen LogP contribution is 2.06. The first kappa shape index (κ1) is 12.9. The third-order valence-electron chi connectivity index (χ3n) is 2.68. The number of carboxylic acids is 1. The lowest BCUT2D eigenvalue weighted by Crippen LogP contribution is -2.59. The van der Waals surface area contributed by atoms with Gasteiger partial charge in [-0.2, -0.15) is 0 Å². The molecule has 0 radical (unpaired) electrons. The molecule has 6 nitrogen and oxygen atoms in total. The summed E-state index contributed by atoms with van der Waals surface area (Å²) in [7, 11) is 1.99. The van der Waals surface area contributed by atoms with Crippen LogP contribution in [0.15, 0.2) is 0 Å². The number of nitrogens with one attached hydrogen (secondary N) is 1. The molecule has 1 atom stereocenters. The van der Waals surface area contributed by atoms with Crippen molar-refractivity contribution >= 4 is 11.9 Å². The number of hydrogen-bond acceptors (Lipinski definition) is 4. The molecule has 0 aromatic rings. The first-order valence-corrected chi connectivity index (χ1v) is 5.40. The van der Waals surface area contributed by atoms with Gasteiger partial charge < -0.3 is 15.3 Å². The number of aliphatic carboxylic acids is 1. The van der Waals surface area contributed by atoms with Crippen LogP contribution in [-0.4, -0.2) is 66.2 Å². The van der Waals surface area contributed by atoms with E-state index in [0.717, 1.165) is 19.6 Å². The van der Waals surface area contributed by atoms with Gasteiger partial charge >= 0.3 is 5.97 Å². The van der Waals surface area contributed by atoms with Gasteiger partial charge in [-0.1, -0.05) is 0 Å². The van der Waals surface area contributed by atoms with Crippen LogP contribution < -0.4 is 5.32 Å². The topological polar surface area (TPSA) is 72.9 Å². The van der Waals surface area contributed by atoms with E-state index in [1.165, 1.54) is 6.92 Å². The predicted octanol–water partition coefficient (Wildman–Crippen LogP) is -0.829. The van der Waals surface area contributed by atoms with Gasteiger partial charge in [0.1, 0.15) is 0 Å². The van der Waals surface area contributed by atoms with Crippen molar-refractivity contribution in [2.75, 3.05) is 33.2 Å². The summed E-state index contributed by atoms with van der Waals surface area (Å²) in [6.45, 7) is 4.38. The summed E-state index contributed by atoms with van der Waals surface area (Å²) in [5.41, 5.74) is 0. The number of piperazine rings is 1. The van der Waals surface area contributed by atoms with Crippen LogP contribution in [0, 0.1) is 0 Å². The first-order chi connectivity index (χ1) is 7.49. The molecule has 0 bridgehead atoms. The third kappa shape index (κ3) is 4.16. The fourth-order valence-electron chi connectivity index (χ4n) is 1.84. The third-order valence-corrected chi connectivity index (χ3v) is 2.68. The van der Waals surface area contributed by atoms with Crippen molar-refractivity contribution in [3.05, 3.63) is 0 Å². The van der Waals surface area contributed by atoms with Crippen LogP contribution >= 0.6 is 0 Å². The molecule has 6 heteroatoms. The summed E-state index contributed by atoms with van der Waals surface area (Å²) >= 11 is 0. The molecule has 0 aromatic carbocycles. The summed E-state index contributed by atoms with van der Waals surface area (Å²) in [5.74, 6) is -0.888. The van der Waals surface area contributed by atoms with E-state index in [1.54, 1.807) is 0 Å². The molecule has 16 heavy (non-hydrogen) atoms. The number of nitrogens with zero attached hydrogens (tertiary/aromatic N) is 2. The van der Waals surface area contributed by atoms with E-state index >= 15 is 0 Å². The van der Waals surface area contributed by atoms with Gasteiger partial charge in [-0.3, -0.25) is 14.5 Å². The van der Waals surface area contributed by atoms with E-state index in [2.05, 4.69) is 10.2 Å². The van der Waals surface area contributed by atoms with Crippen molar-refractivity contribution in [1.29, 1.82) is 0 Å². The highest BCUT2D eigenvalue weighted by Gasteiger charge is 2.25. The quantitative estimate of drug-likeness (QED) is 0.658. The Balaban J connectivity index is 2.50. The van der Waals surface area contributed by atoms with Gasteiger partial charge in [0.15, 0.2) is 0 Å². The molecule has 1 rings (SSSR count). The zero-order valence-corrected chi connectivity index (χ0v) is 9.77. The van der Waals surface area contributed by atoms with E-state index in [9.17, 15) is 9.59 Å². The maximum Gasteiger partial charge on any atom is 0.304 e. The average molecular weight is 229 g/mol. The minimum absolute atomic E-state index is 0.0735. The summed E-state index contributed by atoms with van der Waals surface area (Å²) < 4.78 is 0. The van der Waals surface area contributed by atoms with Crippen molar-refractivity contribution in [3.63, 3.8) is 0 Å². The molecule has 0 aromatic heterocycles. The maximum absolute atomic E-state index is 11.0. The van der Waals surface area contributed by atoms with Crippen molar-refractivity contribution in [2.45, 2.75) is 19.5 Å². The lowest BCUT2D eigenvalue weighted by Gasteiger charge is -2.39. The average Bonchev–Trinajstić information content (AvgIpc) is 2.15. The molecule has 0 aliphatic carbocycles. The Kier molecular flexibility index (Phi) is 4.70. The molecule has 1 aliphatic heterocycles. The fourth-order valence-corrected chi connectivity index (χ4v) is 1.84. The second kappa shape index (κ2) is 5.81. The van der Waals surface area contributed by atoms with Crippen LogP contribution in [0.25, 0.3) is 0 Å². The van der Waals surface area contributed by atoms with Gasteiger partial charge in [0.2, 0.25) is 5.91 Å². The van der Waals surface area contributed by atoms with Gasteiger partial charge in [0.05, 0.1) is 12.6 Å². The van der Waals surface area contributed by atoms with Crippen LogP contribution in [0.2, 0.25) is 0 Å². The van der Waals surface area contributed by atoms with Crippen molar-refractivity contribution in [1.82, 2.24) is 15.1 Å². The molecule has 1 amide bonds. The van der Waals surface area contributed by atoms with Gasteiger partial charge in [-0.15, -0.1) is 0 Å². The minimum Gasteiger partial charge on any atom is -0.481 e. The number of likely N-dealkylation sites (N-methyl/N-ethyl adjacent to an activating group) is 1. The summed E-state index contributed by atoms with van der Waals surface area (Å²) in [6.07, 6.45) is 0.0374. The van der Waals surface area contributed by atoms with Crippen LogP contribution in [0.5, 0.6) is 0 Å². The SMILES string of the molecule is CC(=O)NC1CN(C)CCN1CCC(=O)O. The Bertz CT molecular complexity index is 270. The molecule has 0 spiro atoms. The molecule has 92 valence electrons. The largest absolute Gasteiger partial charge is 0.481 e. The summed E-state index contributed by atoms with van der Waals surface area (Å²) in [5, 5.41) is 11.5. The molecule has 1 heterocycles. The Morgan fingerprint density at radius 2 is 2.12 bits per heavy atom. The fraction of sp³-hybridized carbons (Fsp3) is 0.800. The standard InChI is InChI=1S/C10H19N3O3/c1-8(14)11-9-7-12(2)5-6-13(9)4-3-10(15)16/h9H,3-7H2,1-2H3,(H,11,14)(H,15,16). The number of rotatable bonds is 4. The highest BCUT2D eigenvalue weighted by molar-refractivity contribution is 5.73. The van der Waals surface area contributed by atoms with Crippen LogP contribution in [0.3, 0.4) is 0 Å². The van der Waals surface area contributed by atoms with Crippen molar-refractivity contribution < 1.29 is 14.7 Å². The summed E-state index contributed by atoms with van der Waals surface area (Å²) in [4.78, 5) is 25.7. The predicted molar refractivity (Wildman–Crippen MR) is 58.9 cm³/mol. The number of carboxylic acid groups (broad SMARTS) is 1. The van der Waals surface area contributed by atoms with Gasteiger partial charge in [0.25, 0.3) is 0 Å². The molecule has 1 unspecified atom stereocenters. The summed E-state index contributed by atoms with van der Waals surface area (Å²) in [6, 6.07) is 0. The van der Waals surface area contributed by atoms with Gasteiger partial charge in [0, 0.05) is 33.1 Å². The number of carbonyl (C=O) groups is 2. The van der Waals surface area contributed by atoms with Gasteiger partial charge in [-0.05, 0) is 7.05 Å². The van der Waals surface area contributed by atoms with Crippen LogP contribution in [0.1, 0.15) is 13.3 Å². The normalized spacial score (nSPS) is 23.0. The molecular weight excluding hydrogens is 210 g/mol. The molecule has 0 saturated carbocycles. The minimum atomic E-state index is -0.805. The lowest BCUT2D eigenvalue weighted by atomic mass is 10.2. The van der Waals surface area contributed by atoms with Crippen LogP contribution in [0.4, 0.5) is 0 Å². The number of amides is 1. The molecule has 1 fully saturated rings. The maximum atomic E-state index is 11.0. The van der Waals surface area contributed by atoms with E-state index in [0.29, 0.717) is 6.54 Å². The highest BCUT2D eigenvalue weighted by atomic mass is 16.4. The Labute approximate surface area is 95.2 Å². The first-order valence-electron chi connectivity index (χ1n) is 5.40. The zero-order valence-electron chi connectivity index (χ0n) is 9.77. The molecule has 2 N–H and O–H groups in total. The lowest BCUT2D eigenvalue weighted by molar-refractivity contribution is -0.137. The Hall–Kier alpha value is -1.14. The number of carbonyl (C=O) groups excluding carboxylic acids is 1. The van der Waals surface area contributed by atoms with Crippen LogP contribution in [-0.2, 0) is 9.59 Å². The van der Waals surface area contributed by atoms with E-state index < -0.39 is 5.97 Å². The number of hydrogen-bond donors (Lipinski definition) is 2. The van der Waals surface area contributed by atoms with E-state index in [-0.39, 0.29) is 18.5 Å². The van der Waals surface area contributed by atoms with E-state index in [4.69, 9.17) is 5.11 Å². The Morgan fingerprint density at radius 3 is 2.69 bits per heavy atom. The monoisotopic (exact) mass is 229 g/mol. The second-order valence-electron chi connectivity index (χ2n) is 4.16. The smallest absolute Gasteiger partial charge is 0.304 e. The van der Waals surface area contributed by atoms with Gasteiger partial charge in [-0.25, -0.2) is 0 Å². The molecule has 1 aliphatic rings. The molecule has 1 saturated heterocycles. The Morgan fingerprint density at radius 1 is 1.44 bits per heavy atom.